The predicted molar refractivity (Wildman–Crippen MR) is 57.6 cm³/mol. The van der Waals surface area contributed by atoms with E-state index in [4.69, 9.17) is 0 Å². The van der Waals surface area contributed by atoms with Crippen LogP contribution in [0, 0.1) is 0 Å². The monoisotopic (exact) mass is 292 g/mol. The maximum atomic E-state index is 2.12. The van der Waals surface area contributed by atoms with Crippen molar-refractivity contribution < 1.29 is 0 Å². The van der Waals surface area contributed by atoms with Gasteiger partial charge in [-0.25, -0.2) is 0 Å². The molecule has 0 N–H and O–H groups in total. The van der Waals surface area contributed by atoms with Crippen molar-refractivity contribution in [2.75, 3.05) is 0 Å². The van der Waals surface area contributed by atoms with Crippen LogP contribution in [0.3, 0.4) is 0 Å². The third kappa shape index (κ3) is 3.01. The van der Waals surface area contributed by atoms with Gasteiger partial charge in [0.25, 0.3) is 0 Å². The summed E-state index contributed by atoms with van der Waals surface area (Å²) in [6, 6.07) is 20.8. The Morgan fingerprint density at radius 2 is 0.769 bits per heavy atom. The van der Waals surface area contributed by atoms with Gasteiger partial charge in [-0.05, 0) is 11.1 Å². The van der Waals surface area contributed by atoms with Crippen molar-refractivity contribution in [3.63, 3.8) is 0 Å². The summed E-state index contributed by atoms with van der Waals surface area (Å²) in [5.74, 6) is 0. The van der Waals surface area contributed by atoms with Gasteiger partial charge in [0, 0.05) is 48.9 Å². The SMILES string of the molecule is [Ba].c1ccc(-c2ccccc2)cc1. The summed E-state index contributed by atoms with van der Waals surface area (Å²) in [4.78, 5) is 0. The van der Waals surface area contributed by atoms with Crippen molar-refractivity contribution in [3.05, 3.63) is 60.7 Å². The van der Waals surface area contributed by atoms with Crippen LogP contribution in [-0.2, 0) is 0 Å². The Hall–Kier alpha value is 0.0114. The minimum absolute atomic E-state index is 0. The Balaban J connectivity index is 0.000000845. The van der Waals surface area contributed by atoms with Gasteiger partial charge in [-0.3, -0.25) is 0 Å². The molecule has 2 aromatic rings. The minimum Gasteiger partial charge on any atom is -0.0622 e. The second kappa shape index (κ2) is 5.68. The third-order valence-corrected chi connectivity index (χ3v) is 1.88. The molecule has 0 heterocycles. The molecule has 60 valence electrons. The summed E-state index contributed by atoms with van der Waals surface area (Å²) in [6.45, 7) is 0. The van der Waals surface area contributed by atoms with Crippen LogP contribution in [0.2, 0.25) is 0 Å². The van der Waals surface area contributed by atoms with E-state index < -0.39 is 0 Å². The topological polar surface area (TPSA) is 0 Å². The average Bonchev–Trinajstić information content (AvgIpc) is 2.21. The van der Waals surface area contributed by atoms with Crippen LogP contribution >= 0.6 is 0 Å². The van der Waals surface area contributed by atoms with E-state index >= 15 is 0 Å². The predicted octanol–water partition coefficient (Wildman–Crippen LogP) is 2.97. The van der Waals surface area contributed by atoms with E-state index in [1.807, 2.05) is 12.1 Å². The quantitative estimate of drug-likeness (QED) is 0.709. The van der Waals surface area contributed by atoms with Crippen molar-refractivity contribution in [1.82, 2.24) is 0 Å². The van der Waals surface area contributed by atoms with Gasteiger partial charge in [0.1, 0.15) is 0 Å². The summed E-state index contributed by atoms with van der Waals surface area (Å²) in [5.41, 5.74) is 2.55. The molecule has 0 fully saturated rings. The number of rotatable bonds is 1. The second-order valence-corrected chi connectivity index (χ2v) is 2.73. The first-order valence-corrected chi connectivity index (χ1v) is 4.07. The van der Waals surface area contributed by atoms with E-state index in [9.17, 15) is 0 Å². The first kappa shape index (κ1) is 11.1. The Kier molecular flexibility index (Phi) is 4.85. The Morgan fingerprint density at radius 3 is 1.08 bits per heavy atom. The maximum absolute atomic E-state index is 2.12. The molecule has 0 aliphatic carbocycles. The fraction of sp³-hybridized carbons (Fsp3) is 0. The van der Waals surface area contributed by atoms with Gasteiger partial charge in [-0.15, -0.1) is 0 Å². The van der Waals surface area contributed by atoms with Crippen molar-refractivity contribution in [3.8, 4) is 11.1 Å². The molecule has 0 atom stereocenters. The van der Waals surface area contributed by atoms with E-state index in [0.717, 1.165) is 0 Å². The normalized spacial score (nSPS) is 8.92. The maximum Gasteiger partial charge on any atom is 0 e. The third-order valence-electron chi connectivity index (χ3n) is 1.88. The molecule has 0 spiro atoms. The fourth-order valence-electron chi connectivity index (χ4n) is 1.26. The van der Waals surface area contributed by atoms with Crippen LogP contribution < -0.4 is 0 Å². The first-order valence-electron chi connectivity index (χ1n) is 4.07. The van der Waals surface area contributed by atoms with Crippen molar-refractivity contribution in [2.24, 2.45) is 0 Å². The van der Waals surface area contributed by atoms with E-state index in [2.05, 4.69) is 48.5 Å². The number of hydrogen-bond donors (Lipinski definition) is 0. The molecule has 1 heteroatoms. The molecule has 0 saturated heterocycles. The zero-order chi connectivity index (χ0) is 8.23. The molecular weight excluding hydrogens is 281 g/mol. The summed E-state index contributed by atoms with van der Waals surface area (Å²) < 4.78 is 0. The Bertz CT molecular complexity index is 303. The Morgan fingerprint density at radius 1 is 0.462 bits per heavy atom. The summed E-state index contributed by atoms with van der Waals surface area (Å²) in [7, 11) is 0. The van der Waals surface area contributed by atoms with Crippen molar-refractivity contribution in [2.45, 2.75) is 0 Å². The molecule has 0 aromatic heterocycles. The molecule has 0 saturated carbocycles. The molecule has 0 bridgehead atoms. The number of hydrogen-bond acceptors (Lipinski definition) is 0. The van der Waals surface area contributed by atoms with Crippen LogP contribution in [0.4, 0.5) is 0 Å². The van der Waals surface area contributed by atoms with E-state index in [-0.39, 0.29) is 48.9 Å². The van der Waals surface area contributed by atoms with Crippen molar-refractivity contribution in [1.29, 1.82) is 0 Å². The van der Waals surface area contributed by atoms with Gasteiger partial charge >= 0.3 is 0 Å². The molecule has 2 radical (unpaired) electrons. The summed E-state index contributed by atoms with van der Waals surface area (Å²) in [5, 5.41) is 0. The molecule has 0 aliphatic rings. The van der Waals surface area contributed by atoms with Gasteiger partial charge in [-0.1, -0.05) is 60.7 Å². The van der Waals surface area contributed by atoms with Crippen LogP contribution in [0.5, 0.6) is 0 Å². The van der Waals surface area contributed by atoms with Gasteiger partial charge in [0.2, 0.25) is 0 Å². The van der Waals surface area contributed by atoms with Gasteiger partial charge < -0.3 is 0 Å². The van der Waals surface area contributed by atoms with E-state index in [1.165, 1.54) is 11.1 Å². The molecule has 0 unspecified atom stereocenters. The Labute approximate surface area is 119 Å². The van der Waals surface area contributed by atoms with E-state index in [1.54, 1.807) is 0 Å². The number of benzene rings is 2. The molecular formula is C12H10Ba. The first-order chi connectivity index (χ1) is 5.97. The second-order valence-electron chi connectivity index (χ2n) is 2.73. The van der Waals surface area contributed by atoms with Crippen LogP contribution in [0.25, 0.3) is 11.1 Å². The molecule has 0 nitrogen and oxygen atoms in total. The van der Waals surface area contributed by atoms with Crippen molar-refractivity contribution >= 4 is 48.9 Å². The van der Waals surface area contributed by atoms with E-state index in [0.29, 0.717) is 0 Å². The molecule has 2 aromatic carbocycles. The molecule has 2 rings (SSSR count). The zero-order valence-corrected chi connectivity index (χ0v) is 11.9. The summed E-state index contributed by atoms with van der Waals surface area (Å²) >= 11 is 0. The van der Waals surface area contributed by atoms with Gasteiger partial charge in [0.15, 0.2) is 0 Å². The van der Waals surface area contributed by atoms with Crippen LogP contribution in [0.1, 0.15) is 0 Å². The fourth-order valence-corrected chi connectivity index (χ4v) is 1.26. The van der Waals surface area contributed by atoms with Crippen LogP contribution in [-0.4, -0.2) is 48.9 Å². The molecule has 13 heavy (non-hydrogen) atoms. The average molecular weight is 292 g/mol. The van der Waals surface area contributed by atoms with Crippen LogP contribution in [0.15, 0.2) is 60.7 Å². The largest absolute Gasteiger partial charge is 0.0622 e. The van der Waals surface area contributed by atoms with Gasteiger partial charge in [0.05, 0.1) is 0 Å². The zero-order valence-electron chi connectivity index (χ0n) is 7.48. The molecule has 0 aliphatic heterocycles. The minimum atomic E-state index is 0. The molecule has 0 amide bonds. The standard InChI is InChI=1S/C12H10.Ba/c1-3-7-11(8-4-1)12-9-5-2-6-10-12;/h1-10H;. The van der Waals surface area contributed by atoms with Gasteiger partial charge in [-0.2, -0.15) is 0 Å². The smallest absolute Gasteiger partial charge is 0 e. The summed E-state index contributed by atoms with van der Waals surface area (Å²) in [6.07, 6.45) is 0.